The van der Waals surface area contributed by atoms with Crippen LogP contribution in [-0.4, -0.2) is 30.9 Å². The summed E-state index contributed by atoms with van der Waals surface area (Å²) in [6.45, 7) is 3.35. The van der Waals surface area contributed by atoms with Crippen molar-refractivity contribution in [3.8, 4) is 0 Å². The van der Waals surface area contributed by atoms with Crippen LogP contribution in [-0.2, 0) is 9.53 Å². The number of hydrogen-bond acceptors (Lipinski definition) is 4. The minimum Gasteiger partial charge on any atom is -0.468 e. The maximum absolute atomic E-state index is 11.6. The van der Waals surface area contributed by atoms with E-state index in [4.69, 9.17) is 9.15 Å². The average molecular weight is 255 g/mol. The Morgan fingerprint density at radius 3 is 3.18 bits per heavy atom. The van der Waals surface area contributed by atoms with Gasteiger partial charge in [-0.05, 0) is 25.8 Å². The summed E-state index contributed by atoms with van der Waals surface area (Å²) in [5, 5.41) is 2.89. The van der Waals surface area contributed by atoms with Gasteiger partial charge in [-0.2, -0.15) is 0 Å². The minimum absolute atomic E-state index is 0.0473. The maximum atomic E-state index is 11.6. The fourth-order valence-corrected chi connectivity index (χ4v) is 2.54. The van der Waals surface area contributed by atoms with Gasteiger partial charge in [-0.25, -0.2) is 0 Å². The first kappa shape index (κ1) is 12.5. The zero-order valence-electron chi connectivity index (χ0n) is 9.90. The van der Waals surface area contributed by atoms with Crippen LogP contribution in [0.25, 0.3) is 0 Å². The third kappa shape index (κ3) is 3.78. The molecule has 5 heteroatoms. The highest BCUT2D eigenvalue weighted by Crippen LogP contribution is 2.22. The fourth-order valence-electron chi connectivity index (χ4n) is 1.75. The number of carbonyl (C=O) groups is 1. The van der Waals surface area contributed by atoms with E-state index in [0.717, 1.165) is 30.1 Å². The van der Waals surface area contributed by atoms with Gasteiger partial charge in [-0.1, -0.05) is 0 Å². The summed E-state index contributed by atoms with van der Waals surface area (Å²) < 4.78 is 10.6. The molecule has 0 spiro atoms. The number of aryl methyl sites for hydroxylation is 1. The Morgan fingerprint density at radius 1 is 1.65 bits per heavy atom. The third-order valence-electron chi connectivity index (χ3n) is 2.72. The summed E-state index contributed by atoms with van der Waals surface area (Å²) in [5.41, 5.74) is 0. The van der Waals surface area contributed by atoms with Crippen LogP contribution in [0.4, 0.5) is 0 Å². The number of nitrogens with one attached hydrogen (secondary N) is 1. The number of amides is 1. The molecule has 0 radical (unpaired) electrons. The summed E-state index contributed by atoms with van der Waals surface area (Å²) in [7, 11) is 0. The molecular weight excluding hydrogens is 238 g/mol. The van der Waals surface area contributed by atoms with Crippen molar-refractivity contribution in [3.63, 3.8) is 0 Å². The Kier molecular flexibility index (Phi) is 4.50. The van der Waals surface area contributed by atoms with Crippen molar-refractivity contribution < 1.29 is 13.9 Å². The van der Waals surface area contributed by atoms with E-state index in [0.29, 0.717) is 12.3 Å². The molecule has 1 saturated heterocycles. The summed E-state index contributed by atoms with van der Waals surface area (Å²) in [4.78, 5) is 12.6. The van der Waals surface area contributed by atoms with Crippen molar-refractivity contribution in [2.45, 2.75) is 30.8 Å². The van der Waals surface area contributed by atoms with E-state index in [-0.39, 0.29) is 12.0 Å². The van der Waals surface area contributed by atoms with E-state index >= 15 is 0 Å². The first-order valence-electron chi connectivity index (χ1n) is 5.81. The lowest BCUT2D eigenvalue weighted by atomic mass is 10.2. The van der Waals surface area contributed by atoms with E-state index in [1.54, 1.807) is 6.26 Å². The van der Waals surface area contributed by atoms with Crippen LogP contribution in [0, 0.1) is 6.92 Å². The SMILES string of the molecule is Cc1occc1SCC(=O)NC[C@@H]1CCCO1. The zero-order valence-corrected chi connectivity index (χ0v) is 10.7. The van der Waals surface area contributed by atoms with Gasteiger partial charge >= 0.3 is 0 Å². The minimum atomic E-state index is 0.0473. The molecule has 1 aliphatic heterocycles. The van der Waals surface area contributed by atoms with Gasteiger partial charge in [0.25, 0.3) is 0 Å². The first-order chi connectivity index (χ1) is 8.25. The molecule has 2 heterocycles. The lowest BCUT2D eigenvalue weighted by molar-refractivity contribution is -0.119. The van der Waals surface area contributed by atoms with Crippen LogP contribution >= 0.6 is 11.8 Å². The number of ether oxygens (including phenoxy) is 1. The van der Waals surface area contributed by atoms with Crippen molar-refractivity contribution >= 4 is 17.7 Å². The second-order valence-corrected chi connectivity index (χ2v) is 5.09. The number of thioether (sulfide) groups is 1. The van der Waals surface area contributed by atoms with Gasteiger partial charge in [0.15, 0.2) is 0 Å². The lowest BCUT2D eigenvalue weighted by Crippen LogP contribution is -2.32. The predicted molar refractivity (Wildman–Crippen MR) is 66.2 cm³/mol. The third-order valence-corrected chi connectivity index (χ3v) is 3.86. The largest absolute Gasteiger partial charge is 0.468 e. The van der Waals surface area contributed by atoms with Gasteiger partial charge in [0.2, 0.25) is 5.91 Å². The van der Waals surface area contributed by atoms with Gasteiger partial charge < -0.3 is 14.5 Å². The van der Waals surface area contributed by atoms with Crippen LogP contribution in [0.15, 0.2) is 21.6 Å². The van der Waals surface area contributed by atoms with Crippen molar-refractivity contribution in [2.24, 2.45) is 0 Å². The Labute approximate surface area is 105 Å². The van der Waals surface area contributed by atoms with Crippen molar-refractivity contribution in [3.05, 3.63) is 18.1 Å². The highest BCUT2D eigenvalue weighted by molar-refractivity contribution is 8.00. The van der Waals surface area contributed by atoms with Crippen LogP contribution in [0.2, 0.25) is 0 Å². The standard InChI is InChI=1S/C12H17NO3S/c1-9-11(4-6-15-9)17-8-12(14)13-7-10-3-2-5-16-10/h4,6,10H,2-3,5,7-8H2,1H3,(H,13,14)/t10-/m0/s1. The van der Waals surface area contributed by atoms with Crippen LogP contribution in [0.3, 0.4) is 0 Å². The second kappa shape index (κ2) is 6.12. The Hall–Kier alpha value is -0.940. The molecule has 1 aliphatic rings. The van der Waals surface area contributed by atoms with E-state index in [1.165, 1.54) is 11.8 Å². The van der Waals surface area contributed by atoms with E-state index in [9.17, 15) is 4.79 Å². The monoisotopic (exact) mass is 255 g/mol. The maximum Gasteiger partial charge on any atom is 0.230 e. The molecule has 2 rings (SSSR count). The lowest BCUT2D eigenvalue weighted by Gasteiger charge is -2.10. The molecule has 4 nitrogen and oxygen atoms in total. The topological polar surface area (TPSA) is 51.5 Å². The first-order valence-corrected chi connectivity index (χ1v) is 6.79. The highest BCUT2D eigenvalue weighted by atomic mass is 32.2. The van der Waals surface area contributed by atoms with Gasteiger partial charge in [0, 0.05) is 18.0 Å². The van der Waals surface area contributed by atoms with E-state index in [1.807, 2.05) is 13.0 Å². The average Bonchev–Trinajstić information content (AvgIpc) is 2.95. The molecule has 0 unspecified atom stereocenters. The molecule has 94 valence electrons. The van der Waals surface area contributed by atoms with Crippen molar-refractivity contribution in [1.82, 2.24) is 5.32 Å². The van der Waals surface area contributed by atoms with Gasteiger partial charge in [-0.3, -0.25) is 4.79 Å². The second-order valence-electron chi connectivity index (χ2n) is 4.07. The van der Waals surface area contributed by atoms with Crippen LogP contribution < -0.4 is 5.32 Å². The molecule has 1 amide bonds. The van der Waals surface area contributed by atoms with Crippen LogP contribution in [0.1, 0.15) is 18.6 Å². The van der Waals surface area contributed by atoms with E-state index < -0.39 is 0 Å². The molecule has 1 atom stereocenters. The quantitative estimate of drug-likeness (QED) is 0.817. The van der Waals surface area contributed by atoms with E-state index in [2.05, 4.69) is 5.32 Å². The van der Waals surface area contributed by atoms with Crippen molar-refractivity contribution in [2.75, 3.05) is 18.9 Å². The summed E-state index contributed by atoms with van der Waals surface area (Å²) >= 11 is 1.50. The number of hydrogen-bond donors (Lipinski definition) is 1. The molecule has 0 aromatic carbocycles. The van der Waals surface area contributed by atoms with Gasteiger partial charge in [0.05, 0.1) is 18.1 Å². The smallest absolute Gasteiger partial charge is 0.230 e. The molecule has 0 aliphatic carbocycles. The normalized spacial score (nSPS) is 19.5. The molecule has 1 aromatic heterocycles. The predicted octanol–water partition coefficient (Wildman–Crippen LogP) is 1.98. The van der Waals surface area contributed by atoms with Gasteiger partial charge in [0.1, 0.15) is 5.76 Å². The Bertz CT molecular complexity index is 372. The summed E-state index contributed by atoms with van der Waals surface area (Å²) in [6, 6.07) is 1.88. The molecular formula is C12H17NO3S. The fraction of sp³-hybridized carbons (Fsp3) is 0.583. The molecule has 0 saturated carbocycles. The zero-order chi connectivity index (χ0) is 12.1. The highest BCUT2D eigenvalue weighted by Gasteiger charge is 2.16. The van der Waals surface area contributed by atoms with Crippen LogP contribution in [0.5, 0.6) is 0 Å². The Balaban J connectivity index is 1.65. The Morgan fingerprint density at radius 2 is 2.53 bits per heavy atom. The molecule has 1 fully saturated rings. The summed E-state index contributed by atoms with van der Waals surface area (Å²) in [5.74, 6) is 1.33. The number of furan rings is 1. The van der Waals surface area contributed by atoms with Gasteiger partial charge in [-0.15, -0.1) is 11.8 Å². The van der Waals surface area contributed by atoms with Crippen molar-refractivity contribution in [1.29, 1.82) is 0 Å². The molecule has 17 heavy (non-hydrogen) atoms. The molecule has 1 N–H and O–H groups in total. The number of rotatable bonds is 5. The molecule has 1 aromatic rings. The summed E-state index contributed by atoms with van der Waals surface area (Å²) in [6.07, 6.45) is 4.00. The molecule has 0 bridgehead atoms. The number of carbonyl (C=O) groups excluding carboxylic acids is 1.